The second-order valence-electron chi connectivity index (χ2n) is 6.59. The third-order valence-electron chi connectivity index (χ3n) is 3.43. The Labute approximate surface area is 165 Å². The summed E-state index contributed by atoms with van der Waals surface area (Å²) in [6.45, 7) is 12.4. The average molecular weight is 469 g/mol. The Morgan fingerprint density at radius 1 is 1.29 bits per heavy atom. The Morgan fingerprint density at radius 2 is 1.92 bits per heavy atom. The van der Waals surface area contributed by atoms with Gasteiger partial charge in [0.1, 0.15) is 0 Å². The quantitative estimate of drug-likeness (QED) is 0.278. The summed E-state index contributed by atoms with van der Waals surface area (Å²) >= 11 is 0. The second-order valence-corrected chi connectivity index (χ2v) is 8.92. The van der Waals surface area contributed by atoms with Crippen LogP contribution in [0.3, 0.4) is 0 Å². The Hall–Kier alpha value is -0.640. The molecule has 0 bridgehead atoms. The molecule has 6 nitrogen and oxygen atoms in total. The maximum atomic E-state index is 12.0. The number of nitrogens with zero attached hydrogens (tertiary/aromatic N) is 3. The third kappa shape index (κ3) is 8.46. The third-order valence-corrected chi connectivity index (χ3v) is 5.37. The van der Waals surface area contributed by atoms with Gasteiger partial charge in [-0.2, -0.15) is 5.10 Å². The molecule has 1 atom stereocenters. The summed E-state index contributed by atoms with van der Waals surface area (Å²) in [5, 5.41) is 10.9. The molecule has 1 unspecified atom stereocenters. The highest BCUT2D eigenvalue weighted by Gasteiger charge is 2.18. The number of halogens is 1. The summed E-state index contributed by atoms with van der Waals surface area (Å²) in [7, 11) is 0.902. The van der Waals surface area contributed by atoms with Crippen LogP contribution < -0.4 is 10.6 Å². The minimum atomic E-state index is -0.845. The van der Waals surface area contributed by atoms with E-state index < -0.39 is 10.8 Å². The molecule has 0 amide bonds. The fraction of sp³-hybridized carbons (Fsp3) is 0.750. The minimum Gasteiger partial charge on any atom is -0.356 e. The van der Waals surface area contributed by atoms with Crippen molar-refractivity contribution in [2.24, 2.45) is 4.99 Å². The number of aryl methyl sites for hydroxylation is 3. The van der Waals surface area contributed by atoms with Crippen LogP contribution in [-0.2, 0) is 17.3 Å². The van der Waals surface area contributed by atoms with Gasteiger partial charge in [0.2, 0.25) is 0 Å². The molecule has 0 spiro atoms. The van der Waals surface area contributed by atoms with Crippen LogP contribution in [0.25, 0.3) is 0 Å². The predicted octanol–water partition coefficient (Wildman–Crippen LogP) is 2.22. The van der Waals surface area contributed by atoms with Gasteiger partial charge in [0.15, 0.2) is 5.96 Å². The van der Waals surface area contributed by atoms with Crippen LogP contribution in [0.4, 0.5) is 0 Å². The summed E-state index contributed by atoms with van der Waals surface area (Å²) in [4.78, 5) is 4.19. The van der Waals surface area contributed by atoms with Crippen molar-refractivity contribution < 1.29 is 4.21 Å². The van der Waals surface area contributed by atoms with E-state index in [1.165, 1.54) is 5.69 Å². The molecule has 24 heavy (non-hydrogen) atoms. The number of aromatic nitrogens is 2. The highest BCUT2D eigenvalue weighted by Crippen LogP contribution is 2.10. The SMILES string of the molecule is CN=C(NCCCn1nc(C)cc1C)NCCS(=O)C(C)(C)C.I. The van der Waals surface area contributed by atoms with Crippen molar-refractivity contribution in [2.75, 3.05) is 25.9 Å². The first-order valence-electron chi connectivity index (χ1n) is 8.08. The molecule has 2 N–H and O–H groups in total. The van der Waals surface area contributed by atoms with E-state index >= 15 is 0 Å². The summed E-state index contributed by atoms with van der Waals surface area (Å²) < 4.78 is 13.8. The van der Waals surface area contributed by atoms with Crippen molar-refractivity contribution in [1.29, 1.82) is 0 Å². The average Bonchev–Trinajstić information content (AvgIpc) is 2.78. The number of hydrogen-bond donors (Lipinski definition) is 2. The number of aliphatic imine (C=N–C) groups is 1. The highest BCUT2D eigenvalue weighted by molar-refractivity contribution is 14.0. The van der Waals surface area contributed by atoms with Crippen LogP contribution in [0.5, 0.6) is 0 Å². The molecule has 0 aliphatic heterocycles. The van der Waals surface area contributed by atoms with Gasteiger partial charge in [-0.05, 0) is 47.1 Å². The molecule has 1 aromatic heterocycles. The summed E-state index contributed by atoms with van der Waals surface area (Å²) in [6.07, 6.45) is 0.969. The van der Waals surface area contributed by atoms with E-state index in [4.69, 9.17) is 0 Å². The molecule has 1 aromatic rings. The predicted molar refractivity (Wildman–Crippen MR) is 114 cm³/mol. The van der Waals surface area contributed by atoms with Crippen LogP contribution in [0.2, 0.25) is 0 Å². The van der Waals surface area contributed by atoms with Gasteiger partial charge in [-0.15, -0.1) is 24.0 Å². The summed E-state index contributed by atoms with van der Waals surface area (Å²) in [6, 6.07) is 2.09. The molecule has 140 valence electrons. The lowest BCUT2D eigenvalue weighted by molar-refractivity contribution is 0.555. The van der Waals surface area contributed by atoms with Crippen LogP contribution in [-0.4, -0.2) is 50.6 Å². The van der Waals surface area contributed by atoms with E-state index in [9.17, 15) is 4.21 Å². The van der Waals surface area contributed by atoms with Crippen molar-refractivity contribution >= 4 is 40.7 Å². The van der Waals surface area contributed by atoms with E-state index in [2.05, 4.69) is 33.7 Å². The molecule has 0 fully saturated rings. The molecule has 0 saturated carbocycles. The van der Waals surface area contributed by atoms with Crippen molar-refractivity contribution in [3.05, 3.63) is 17.5 Å². The lowest BCUT2D eigenvalue weighted by Crippen LogP contribution is -2.40. The summed E-state index contributed by atoms with van der Waals surface area (Å²) in [5.74, 6) is 1.37. The second kappa shape index (κ2) is 11.1. The van der Waals surface area contributed by atoms with E-state index in [-0.39, 0.29) is 28.7 Å². The summed E-state index contributed by atoms with van der Waals surface area (Å²) in [5.41, 5.74) is 2.24. The van der Waals surface area contributed by atoms with Crippen LogP contribution in [0.1, 0.15) is 38.6 Å². The lowest BCUT2D eigenvalue weighted by Gasteiger charge is -2.18. The molecule has 1 rings (SSSR count). The molecule has 1 heterocycles. The fourth-order valence-electron chi connectivity index (χ4n) is 2.13. The number of nitrogens with one attached hydrogen (secondary N) is 2. The number of rotatable bonds is 7. The fourth-order valence-corrected chi connectivity index (χ4v) is 3.03. The molecule has 0 saturated heterocycles. The van der Waals surface area contributed by atoms with Gasteiger partial charge < -0.3 is 10.6 Å². The number of guanidine groups is 1. The zero-order chi connectivity index (χ0) is 17.5. The highest BCUT2D eigenvalue weighted by atomic mass is 127. The molecular formula is C16H32IN5OS. The van der Waals surface area contributed by atoms with Gasteiger partial charge in [0.25, 0.3) is 0 Å². The molecule has 0 aromatic carbocycles. The largest absolute Gasteiger partial charge is 0.356 e. The van der Waals surface area contributed by atoms with Crippen LogP contribution in [0.15, 0.2) is 11.1 Å². The Kier molecular flexibility index (Phi) is 10.8. The first-order chi connectivity index (χ1) is 10.7. The smallest absolute Gasteiger partial charge is 0.191 e. The maximum absolute atomic E-state index is 12.0. The van der Waals surface area contributed by atoms with Crippen molar-refractivity contribution in [3.63, 3.8) is 0 Å². The lowest BCUT2D eigenvalue weighted by atomic mass is 10.3. The van der Waals surface area contributed by atoms with Gasteiger partial charge in [0, 0.05) is 53.7 Å². The number of hydrogen-bond acceptors (Lipinski definition) is 3. The minimum absolute atomic E-state index is 0. The van der Waals surface area contributed by atoms with Crippen LogP contribution >= 0.6 is 24.0 Å². The molecule has 0 radical (unpaired) electrons. The molecular weight excluding hydrogens is 437 g/mol. The van der Waals surface area contributed by atoms with Gasteiger partial charge in [-0.25, -0.2) is 0 Å². The molecule has 8 heteroatoms. The normalized spacial score (nSPS) is 13.3. The van der Waals surface area contributed by atoms with E-state index in [0.29, 0.717) is 12.3 Å². The standard InChI is InChI=1S/C16H31N5OS.HI/c1-13-12-14(2)21(20-13)10-7-8-18-15(17-6)19-9-11-23(22)16(3,4)5;/h12H,7-11H2,1-6H3,(H2,17,18,19);1H. The van der Waals surface area contributed by atoms with Gasteiger partial charge in [0.05, 0.1) is 5.69 Å². The van der Waals surface area contributed by atoms with Gasteiger partial charge in [-0.1, -0.05) is 0 Å². The van der Waals surface area contributed by atoms with Crippen LogP contribution in [0, 0.1) is 13.8 Å². The maximum Gasteiger partial charge on any atom is 0.191 e. The van der Waals surface area contributed by atoms with Crippen molar-refractivity contribution in [2.45, 2.75) is 52.3 Å². The molecule has 0 aliphatic rings. The zero-order valence-electron chi connectivity index (χ0n) is 15.7. The zero-order valence-corrected chi connectivity index (χ0v) is 18.8. The van der Waals surface area contributed by atoms with E-state index in [0.717, 1.165) is 31.2 Å². The first-order valence-corrected chi connectivity index (χ1v) is 9.40. The topological polar surface area (TPSA) is 71.3 Å². The van der Waals surface area contributed by atoms with Gasteiger partial charge >= 0.3 is 0 Å². The Balaban J connectivity index is 0.00000529. The molecule has 0 aliphatic carbocycles. The van der Waals surface area contributed by atoms with Gasteiger partial charge in [-0.3, -0.25) is 13.9 Å². The monoisotopic (exact) mass is 469 g/mol. The first kappa shape index (κ1) is 23.4. The van der Waals surface area contributed by atoms with Crippen molar-refractivity contribution in [3.8, 4) is 0 Å². The Bertz CT molecular complexity index is 551. The Morgan fingerprint density at radius 3 is 2.42 bits per heavy atom. The van der Waals surface area contributed by atoms with E-state index in [1.54, 1.807) is 7.05 Å². The van der Waals surface area contributed by atoms with Crippen molar-refractivity contribution in [1.82, 2.24) is 20.4 Å². The van der Waals surface area contributed by atoms with E-state index in [1.807, 2.05) is 32.4 Å².